The molecule has 0 radical (unpaired) electrons. The number of nitrogens with zero attached hydrogens (tertiary/aromatic N) is 2. The second kappa shape index (κ2) is 5.06. The van der Waals surface area contributed by atoms with Gasteiger partial charge in [-0.15, -0.1) is 11.3 Å². The number of hydrogen-bond acceptors (Lipinski definition) is 4. The highest BCUT2D eigenvalue weighted by Gasteiger charge is 2.23. The molecule has 0 amide bonds. The van der Waals surface area contributed by atoms with Crippen LogP contribution in [0.15, 0.2) is 6.07 Å². The fourth-order valence-electron chi connectivity index (χ4n) is 1.91. The van der Waals surface area contributed by atoms with Crippen molar-refractivity contribution in [2.45, 2.75) is 46.0 Å². The quantitative estimate of drug-likeness (QED) is 0.907. The number of nitrogens with one attached hydrogen (secondary N) is 1. The summed E-state index contributed by atoms with van der Waals surface area (Å²) in [5, 5.41) is 8.61. The van der Waals surface area contributed by atoms with Crippen molar-refractivity contribution < 1.29 is 0 Å². The molecule has 0 aliphatic heterocycles. The van der Waals surface area contributed by atoms with E-state index in [2.05, 4.69) is 48.9 Å². The molecule has 0 saturated carbocycles. The molecular formula is C14H22N4S. The third-order valence-electron chi connectivity index (χ3n) is 3.32. The predicted octanol–water partition coefficient (Wildman–Crippen LogP) is 2.87. The predicted molar refractivity (Wildman–Crippen MR) is 79.8 cm³/mol. The molecular weight excluding hydrogens is 256 g/mol. The molecule has 3 N–H and O–H groups in total. The molecule has 5 heteroatoms. The van der Waals surface area contributed by atoms with Gasteiger partial charge in [0.05, 0.1) is 17.3 Å². The maximum absolute atomic E-state index is 5.93. The maximum Gasteiger partial charge on any atom is 0.103 e. The Labute approximate surface area is 118 Å². The Morgan fingerprint density at radius 2 is 2.05 bits per heavy atom. The molecule has 104 valence electrons. The molecule has 2 heterocycles. The number of thiazole rings is 1. The first-order valence-corrected chi connectivity index (χ1v) is 7.34. The molecule has 0 aliphatic carbocycles. The lowest BCUT2D eigenvalue weighted by Gasteiger charge is -2.14. The molecule has 2 rings (SSSR count). The van der Waals surface area contributed by atoms with Crippen LogP contribution in [0.1, 0.15) is 53.7 Å². The topological polar surface area (TPSA) is 67.6 Å². The minimum absolute atomic E-state index is 0.0443. The summed E-state index contributed by atoms with van der Waals surface area (Å²) in [6.07, 6.45) is 0. The second-order valence-electron chi connectivity index (χ2n) is 5.94. The number of rotatable bonds is 3. The number of nitrogens with two attached hydrogens (primary N) is 1. The van der Waals surface area contributed by atoms with E-state index in [1.807, 2.05) is 6.92 Å². The van der Waals surface area contributed by atoms with E-state index >= 15 is 0 Å². The summed E-state index contributed by atoms with van der Waals surface area (Å²) >= 11 is 1.72. The van der Waals surface area contributed by atoms with Crippen molar-refractivity contribution in [3.8, 4) is 0 Å². The first-order valence-electron chi connectivity index (χ1n) is 6.52. The van der Waals surface area contributed by atoms with Crippen molar-refractivity contribution >= 4 is 11.3 Å². The van der Waals surface area contributed by atoms with E-state index in [4.69, 9.17) is 5.73 Å². The minimum atomic E-state index is 0.0443. The third-order valence-corrected chi connectivity index (χ3v) is 4.51. The van der Waals surface area contributed by atoms with Crippen LogP contribution in [0.4, 0.5) is 0 Å². The van der Waals surface area contributed by atoms with Crippen molar-refractivity contribution in [2.24, 2.45) is 5.73 Å². The smallest absolute Gasteiger partial charge is 0.103 e. The first-order chi connectivity index (χ1) is 8.82. The van der Waals surface area contributed by atoms with Gasteiger partial charge in [0, 0.05) is 22.5 Å². The lowest BCUT2D eigenvalue weighted by atomic mass is 9.91. The van der Waals surface area contributed by atoms with Gasteiger partial charge in [0.1, 0.15) is 5.01 Å². The Hall–Kier alpha value is -1.20. The zero-order chi connectivity index (χ0) is 14.2. The summed E-state index contributed by atoms with van der Waals surface area (Å²) < 4.78 is 0. The average molecular weight is 278 g/mol. The van der Waals surface area contributed by atoms with Crippen molar-refractivity contribution in [3.63, 3.8) is 0 Å². The molecule has 1 unspecified atom stereocenters. The van der Waals surface area contributed by atoms with E-state index in [0.717, 1.165) is 22.1 Å². The Bertz CT molecular complexity index is 543. The van der Waals surface area contributed by atoms with Gasteiger partial charge in [0.15, 0.2) is 0 Å². The van der Waals surface area contributed by atoms with Gasteiger partial charge in [-0.3, -0.25) is 5.10 Å². The molecule has 2 aromatic rings. The third kappa shape index (κ3) is 2.87. The van der Waals surface area contributed by atoms with Gasteiger partial charge in [-0.1, -0.05) is 20.8 Å². The molecule has 1 atom stereocenters. The van der Waals surface area contributed by atoms with Gasteiger partial charge in [-0.05, 0) is 19.9 Å². The Kier molecular flexibility index (Phi) is 3.78. The van der Waals surface area contributed by atoms with Gasteiger partial charge >= 0.3 is 0 Å². The van der Waals surface area contributed by atoms with Gasteiger partial charge in [-0.25, -0.2) is 4.98 Å². The zero-order valence-corrected chi connectivity index (χ0v) is 13.1. The number of hydrogen-bond donors (Lipinski definition) is 2. The summed E-state index contributed by atoms with van der Waals surface area (Å²) in [6, 6.07) is 2.11. The van der Waals surface area contributed by atoms with Crippen molar-refractivity contribution in [1.29, 1.82) is 0 Å². The van der Waals surface area contributed by atoms with E-state index in [1.165, 1.54) is 4.88 Å². The van der Waals surface area contributed by atoms with Gasteiger partial charge in [0.25, 0.3) is 0 Å². The van der Waals surface area contributed by atoms with E-state index in [9.17, 15) is 0 Å². The molecule has 4 nitrogen and oxygen atoms in total. The first kappa shape index (κ1) is 14.2. The number of H-pyrrole nitrogens is 1. The van der Waals surface area contributed by atoms with E-state index in [0.29, 0.717) is 6.54 Å². The molecule has 19 heavy (non-hydrogen) atoms. The lowest BCUT2D eigenvalue weighted by Crippen LogP contribution is -2.14. The van der Waals surface area contributed by atoms with Crippen LogP contribution in [0.2, 0.25) is 0 Å². The van der Waals surface area contributed by atoms with Crippen LogP contribution in [0.5, 0.6) is 0 Å². The van der Waals surface area contributed by atoms with Gasteiger partial charge in [-0.2, -0.15) is 5.10 Å². The van der Waals surface area contributed by atoms with Crippen LogP contribution < -0.4 is 5.73 Å². The Balaban J connectivity index is 2.35. The fourth-order valence-corrected chi connectivity index (χ4v) is 2.96. The van der Waals surface area contributed by atoms with Crippen LogP contribution in [0, 0.1) is 13.8 Å². The molecule has 0 saturated heterocycles. The number of aromatic nitrogens is 3. The van der Waals surface area contributed by atoms with E-state index in [-0.39, 0.29) is 11.3 Å². The average Bonchev–Trinajstić information content (AvgIpc) is 2.88. The SMILES string of the molecule is Cc1nc(C(CN)c2cc(C(C)(C)C)n[nH]2)sc1C. The Morgan fingerprint density at radius 3 is 2.47 bits per heavy atom. The molecule has 2 aromatic heterocycles. The van der Waals surface area contributed by atoms with E-state index < -0.39 is 0 Å². The zero-order valence-electron chi connectivity index (χ0n) is 12.2. The molecule has 0 aromatic carbocycles. The second-order valence-corrected chi connectivity index (χ2v) is 7.18. The molecule has 0 aliphatic rings. The number of aromatic amines is 1. The summed E-state index contributed by atoms with van der Waals surface area (Å²) in [7, 11) is 0. The minimum Gasteiger partial charge on any atom is -0.329 e. The highest BCUT2D eigenvalue weighted by atomic mass is 32.1. The highest BCUT2D eigenvalue weighted by molar-refractivity contribution is 7.11. The van der Waals surface area contributed by atoms with Gasteiger partial charge in [0.2, 0.25) is 0 Å². The fraction of sp³-hybridized carbons (Fsp3) is 0.571. The van der Waals surface area contributed by atoms with Crippen molar-refractivity contribution in [2.75, 3.05) is 6.54 Å². The van der Waals surface area contributed by atoms with E-state index in [1.54, 1.807) is 11.3 Å². The maximum atomic E-state index is 5.93. The highest BCUT2D eigenvalue weighted by Crippen LogP contribution is 2.30. The summed E-state index contributed by atoms with van der Waals surface area (Å²) in [5.41, 5.74) is 9.19. The largest absolute Gasteiger partial charge is 0.329 e. The lowest BCUT2D eigenvalue weighted by molar-refractivity contribution is 0.567. The van der Waals surface area contributed by atoms with Crippen molar-refractivity contribution in [1.82, 2.24) is 15.2 Å². The molecule has 0 bridgehead atoms. The molecule has 0 fully saturated rings. The summed E-state index contributed by atoms with van der Waals surface area (Å²) in [4.78, 5) is 5.87. The Morgan fingerprint density at radius 1 is 1.37 bits per heavy atom. The van der Waals surface area contributed by atoms with Crippen LogP contribution in [-0.4, -0.2) is 21.7 Å². The monoisotopic (exact) mass is 278 g/mol. The van der Waals surface area contributed by atoms with Crippen LogP contribution in [0.3, 0.4) is 0 Å². The van der Waals surface area contributed by atoms with Crippen molar-refractivity contribution in [3.05, 3.63) is 33.0 Å². The standard InChI is InChI=1S/C14H22N4S/c1-8-9(2)19-13(16-8)10(7-15)11-6-12(18-17-11)14(3,4)5/h6,10H,7,15H2,1-5H3,(H,17,18). The molecule has 0 spiro atoms. The summed E-state index contributed by atoms with van der Waals surface area (Å²) in [5.74, 6) is 0.112. The van der Waals surface area contributed by atoms with Gasteiger partial charge < -0.3 is 5.73 Å². The summed E-state index contributed by atoms with van der Waals surface area (Å²) in [6.45, 7) is 11.1. The van der Waals surface area contributed by atoms with Crippen LogP contribution in [0.25, 0.3) is 0 Å². The number of aryl methyl sites for hydroxylation is 2. The van der Waals surface area contributed by atoms with Crippen LogP contribution >= 0.6 is 11.3 Å². The normalized spacial score (nSPS) is 13.8. The van der Waals surface area contributed by atoms with Crippen LogP contribution in [-0.2, 0) is 5.41 Å².